The van der Waals surface area contributed by atoms with E-state index in [9.17, 15) is 0 Å². The normalized spacial score (nSPS) is 22.1. The summed E-state index contributed by atoms with van der Waals surface area (Å²) < 4.78 is 7.92. The molecule has 0 saturated heterocycles. The lowest BCUT2D eigenvalue weighted by Gasteiger charge is -2.44. The standard InChI is InChI=1S/C20H23N3O.ClH/c1-3-24-14-16-13-15-7-4-5-9-18(15)22-20(16,2)17-8-6-11-23-12-10-21-19(17)23;/h4-12,16,22H,3,13-14H2,1-2H3;1H. The number of aromatic nitrogens is 2. The first-order chi connectivity index (χ1) is 11.7. The van der Waals surface area contributed by atoms with Crippen molar-refractivity contribution in [2.45, 2.75) is 25.8 Å². The van der Waals surface area contributed by atoms with Crippen molar-refractivity contribution in [3.05, 3.63) is 66.1 Å². The fourth-order valence-electron chi connectivity index (χ4n) is 3.80. The molecule has 0 fully saturated rings. The monoisotopic (exact) mass is 357 g/mol. The van der Waals surface area contributed by atoms with Gasteiger partial charge in [-0.2, -0.15) is 0 Å². The van der Waals surface area contributed by atoms with Crippen molar-refractivity contribution in [2.75, 3.05) is 18.5 Å². The second-order valence-corrected chi connectivity index (χ2v) is 6.62. The molecule has 1 aromatic carbocycles. The molecule has 1 N–H and O–H groups in total. The highest BCUT2D eigenvalue weighted by Crippen LogP contribution is 2.42. The van der Waals surface area contributed by atoms with Crippen LogP contribution in [-0.4, -0.2) is 22.6 Å². The van der Waals surface area contributed by atoms with E-state index in [2.05, 4.69) is 64.9 Å². The number of halogens is 1. The van der Waals surface area contributed by atoms with Crippen molar-refractivity contribution in [3.8, 4) is 0 Å². The second kappa shape index (κ2) is 7.06. The van der Waals surface area contributed by atoms with Crippen LogP contribution in [0.3, 0.4) is 0 Å². The first-order valence-electron chi connectivity index (χ1n) is 8.58. The van der Waals surface area contributed by atoms with Crippen molar-refractivity contribution in [2.24, 2.45) is 5.92 Å². The minimum Gasteiger partial charge on any atom is -0.381 e. The van der Waals surface area contributed by atoms with Gasteiger partial charge in [0.25, 0.3) is 0 Å². The highest BCUT2D eigenvalue weighted by molar-refractivity contribution is 5.85. The Morgan fingerprint density at radius 2 is 2.08 bits per heavy atom. The van der Waals surface area contributed by atoms with Gasteiger partial charge < -0.3 is 14.5 Å². The molecule has 25 heavy (non-hydrogen) atoms. The van der Waals surface area contributed by atoms with Crippen LogP contribution in [0.2, 0.25) is 0 Å². The van der Waals surface area contributed by atoms with Gasteiger partial charge >= 0.3 is 0 Å². The molecule has 0 amide bonds. The summed E-state index contributed by atoms with van der Waals surface area (Å²) in [6, 6.07) is 12.8. The first kappa shape index (κ1) is 17.8. The van der Waals surface area contributed by atoms with Crippen molar-refractivity contribution in [1.82, 2.24) is 9.38 Å². The van der Waals surface area contributed by atoms with Crippen LogP contribution in [0.15, 0.2) is 55.0 Å². The largest absolute Gasteiger partial charge is 0.381 e. The minimum atomic E-state index is -0.225. The fraction of sp³-hybridized carbons (Fsp3) is 0.350. The maximum absolute atomic E-state index is 5.83. The summed E-state index contributed by atoms with van der Waals surface area (Å²) in [5.41, 5.74) is 4.57. The lowest BCUT2D eigenvalue weighted by Crippen LogP contribution is -2.46. The molecule has 4 rings (SSSR count). The molecule has 2 atom stereocenters. The Morgan fingerprint density at radius 3 is 2.92 bits per heavy atom. The summed E-state index contributed by atoms with van der Waals surface area (Å²) in [5.74, 6) is 0.343. The van der Waals surface area contributed by atoms with E-state index in [0.717, 1.165) is 25.3 Å². The zero-order chi connectivity index (χ0) is 16.6. The summed E-state index contributed by atoms with van der Waals surface area (Å²) in [7, 11) is 0. The number of anilines is 1. The molecule has 3 heterocycles. The van der Waals surface area contributed by atoms with Crippen LogP contribution in [0, 0.1) is 5.92 Å². The molecule has 0 bridgehead atoms. The predicted molar refractivity (Wildman–Crippen MR) is 104 cm³/mol. The molecule has 2 aromatic heterocycles. The molecule has 3 aromatic rings. The van der Waals surface area contributed by atoms with Gasteiger partial charge in [-0.15, -0.1) is 12.4 Å². The first-order valence-corrected chi connectivity index (χ1v) is 8.58. The highest BCUT2D eigenvalue weighted by atomic mass is 35.5. The number of nitrogens with one attached hydrogen (secondary N) is 1. The van der Waals surface area contributed by atoms with Crippen LogP contribution in [-0.2, 0) is 16.7 Å². The van der Waals surface area contributed by atoms with E-state index in [1.165, 1.54) is 16.8 Å². The SMILES string of the molecule is CCOCC1Cc2ccccc2NC1(C)c1cccn2ccnc12.Cl. The number of benzene rings is 1. The fourth-order valence-corrected chi connectivity index (χ4v) is 3.80. The van der Waals surface area contributed by atoms with Gasteiger partial charge in [-0.1, -0.05) is 24.3 Å². The van der Waals surface area contributed by atoms with Crippen LogP contribution >= 0.6 is 12.4 Å². The van der Waals surface area contributed by atoms with Crippen LogP contribution in [0.4, 0.5) is 5.69 Å². The van der Waals surface area contributed by atoms with Crippen LogP contribution < -0.4 is 5.32 Å². The summed E-state index contributed by atoms with van der Waals surface area (Å²) in [5, 5.41) is 3.80. The Hall–Kier alpha value is -2.04. The number of pyridine rings is 1. The van der Waals surface area contributed by atoms with Gasteiger partial charge in [-0.25, -0.2) is 4.98 Å². The third kappa shape index (κ3) is 3.00. The molecule has 4 nitrogen and oxygen atoms in total. The second-order valence-electron chi connectivity index (χ2n) is 6.62. The van der Waals surface area contributed by atoms with Crippen LogP contribution in [0.1, 0.15) is 25.0 Å². The number of nitrogens with zero attached hydrogens (tertiary/aromatic N) is 2. The van der Waals surface area contributed by atoms with Crippen molar-refractivity contribution >= 4 is 23.7 Å². The lowest BCUT2D eigenvalue weighted by molar-refractivity contribution is 0.0818. The summed E-state index contributed by atoms with van der Waals surface area (Å²) in [6.45, 7) is 5.80. The van der Waals surface area contributed by atoms with E-state index in [1.54, 1.807) is 0 Å². The highest BCUT2D eigenvalue weighted by Gasteiger charge is 2.41. The quantitative estimate of drug-likeness (QED) is 0.756. The van der Waals surface area contributed by atoms with Crippen LogP contribution in [0.25, 0.3) is 5.65 Å². The summed E-state index contributed by atoms with van der Waals surface area (Å²) >= 11 is 0. The number of imidazole rings is 1. The molecule has 5 heteroatoms. The van der Waals surface area contributed by atoms with E-state index in [-0.39, 0.29) is 17.9 Å². The number of hydrogen-bond donors (Lipinski definition) is 1. The van der Waals surface area contributed by atoms with Crippen molar-refractivity contribution in [3.63, 3.8) is 0 Å². The molecule has 0 spiro atoms. The zero-order valence-corrected chi connectivity index (χ0v) is 15.4. The Morgan fingerprint density at radius 1 is 1.24 bits per heavy atom. The Balaban J connectivity index is 0.00000182. The van der Waals surface area contributed by atoms with E-state index in [4.69, 9.17) is 4.74 Å². The maximum atomic E-state index is 5.83. The molecular weight excluding hydrogens is 334 g/mol. The third-order valence-electron chi connectivity index (χ3n) is 5.20. The van der Waals surface area contributed by atoms with Gasteiger partial charge in [0.1, 0.15) is 5.65 Å². The predicted octanol–water partition coefficient (Wildman–Crippen LogP) is 4.29. The Labute approximate surface area is 154 Å². The van der Waals surface area contributed by atoms with Crippen molar-refractivity contribution in [1.29, 1.82) is 0 Å². The van der Waals surface area contributed by atoms with E-state index in [0.29, 0.717) is 5.92 Å². The van der Waals surface area contributed by atoms with Crippen molar-refractivity contribution < 1.29 is 4.74 Å². The summed E-state index contributed by atoms with van der Waals surface area (Å²) in [4.78, 5) is 4.59. The molecule has 0 aliphatic carbocycles. The van der Waals surface area contributed by atoms with Gasteiger partial charge in [0.15, 0.2) is 0 Å². The van der Waals surface area contributed by atoms with E-state index >= 15 is 0 Å². The Bertz CT molecular complexity index is 863. The molecule has 132 valence electrons. The van der Waals surface area contributed by atoms with E-state index < -0.39 is 0 Å². The number of fused-ring (bicyclic) bond motifs is 2. The summed E-state index contributed by atoms with van der Waals surface area (Å²) in [6.07, 6.45) is 6.90. The van der Waals surface area contributed by atoms with E-state index in [1.807, 2.05) is 18.6 Å². The topological polar surface area (TPSA) is 38.6 Å². The molecule has 0 saturated carbocycles. The smallest absolute Gasteiger partial charge is 0.142 e. The Kier molecular flexibility index (Phi) is 5.02. The number of rotatable bonds is 4. The third-order valence-corrected chi connectivity index (χ3v) is 5.20. The van der Waals surface area contributed by atoms with Gasteiger partial charge in [0.05, 0.1) is 12.1 Å². The average Bonchev–Trinajstić information content (AvgIpc) is 3.08. The maximum Gasteiger partial charge on any atom is 0.142 e. The lowest BCUT2D eigenvalue weighted by atomic mass is 9.74. The number of para-hydroxylation sites is 1. The minimum absolute atomic E-state index is 0. The molecule has 2 unspecified atom stereocenters. The van der Waals surface area contributed by atoms with Gasteiger partial charge in [0.2, 0.25) is 0 Å². The van der Waals surface area contributed by atoms with Crippen LogP contribution in [0.5, 0.6) is 0 Å². The molecular formula is C20H24ClN3O. The number of ether oxygens (including phenoxy) is 1. The molecule has 1 aliphatic rings. The van der Waals surface area contributed by atoms with Gasteiger partial charge in [-0.3, -0.25) is 0 Å². The molecule has 0 radical (unpaired) electrons. The molecule has 1 aliphatic heterocycles. The average molecular weight is 358 g/mol. The van der Waals surface area contributed by atoms with Gasteiger partial charge in [-0.05, 0) is 38.0 Å². The zero-order valence-electron chi connectivity index (χ0n) is 14.6. The number of hydrogen-bond acceptors (Lipinski definition) is 3. The van der Waals surface area contributed by atoms with Gasteiger partial charge in [0, 0.05) is 42.4 Å².